The SMILES string of the molecule is COc1cc2c(c(OC)c1)C(C)N(C(=O)c1cccc(C(F)(F)F)c1)CC2. The van der Waals surface area contributed by atoms with Crippen molar-refractivity contribution >= 4 is 5.91 Å². The molecule has 1 unspecified atom stereocenters. The highest BCUT2D eigenvalue weighted by Gasteiger charge is 2.34. The summed E-state index contributed by atoms with van der Waals surface area (Å²) < 4.78 is 49.6. The molecule has 0 saturated carbocycles. The maximum absolute atomic E-state index is 13.0. The first kappa shape index (κ1) is 19.1. The summed E-state index contributed by atoms with van der Waals surface area (Å²) in [5.41, 5.74) is 1.05. The number of hydrogen-bond acceptors (Lipinski definition) is 3. The second-order valence-corrected chi connectivity index (χ2v) is 6.41. The van der Waals surface area contributed by atoms with E-state index in [1.54, 1.807) is 18.1 Å². The van der Waals surface area contributed by atoms with E-state index in [0.29, 0.717) is 24.5 Å². The second-order valence-electron chi connectivity index (χ2n) is 6.41. The second kappa shape index (κ2) is 7.13. The number of amides is 1. The molecule has 27 heavy (non-hydrogen) atoms. The minimum Gasteiger partial charge on any atom is -0.497 e. The number of hydrogen-bond donors (Lipinski definition) is 0. The molecule has 0 radical (unpaired) electrons. The Morgan fingerprint density at radius 2 is 1.89 bits per heavy atom. The highest BCUT2D eigenvalue weighted by molar-refractivity contribution is 5.95. The molecule has 0 fully saturated rings. The molecule has 0 bridgehead atoms. The van der Waals surface area contributed by atoms with Crippen molar-refractivity contribution in [3.63, 3.8) is 0 Å². The van der Waals surface area contributed by atoms with Crippen molar-refractivity contribution in [2.24, 2.45) is 0 Å². The summed E-state index contributed by atoms with van der Waals surface area (Å²) >= 11 is 0. The van der Waals surface area contributed by atoms with Gasteiger partial charge in [-0.05, 0) is 43.2 Å². The first-order valence-corrected chi connectivity index (χ1v) is 8.49. The Morgan fingerprint density at radius 3 is 2.52 bits per heavy atom. The Labute approximate surface area is 155 Å². The van der Waals surface area contributed by atoms with Crippen LogP contribution in [0.3, 0.4) is 0 Å². The van der Waals surface area contributed by atoms with Gasteiger partial charge in [0.2, 0.25) is 0 Å². The molecule has 7 heteroatoms. The van der Waals surface area contributed by atoms with E-state index in [-0.39, 0.29) is 11.6 Å². The predicted molar refractivity (Wildman–Crippen MR) is 94.1 cm³/mol. The number of halogens is 3. The molecule has 0 aromatic heterocycles. The Morgan fingerprint density at radius 1 is 1.15 bits per heavy atom. The van der Waals surface area contributed by atoms with Crippen LogP contribution in [0, 0.1) is 0 Å². The van der Waals surface area contributed by atoms with Gasteiger partial charge in [0.15, 0.2) is 0 Å². The van der Waals surface area contributed by atoms with Gasteiger partial charge in [0, 0.05) is 23.7 Å². The topological polar surface area (TPSA) is 38.8 Å². The minimum atomic E-state index is -4.49. The van der Waals surface area contributed by atoms with Crippen molar-refractivity contribution in [3.05, 3.63) is 58.7 Å². The van der Waals surface area contributed by atoms with Gasteiger partial charge < -0.3 is 14.4 Å². The van der Waals surface area contributed by atoms with E-state index in [4.69, 9.17) is 9.47 Å². The average molecular weight is 379 g/mol. The van der Waals surface area contributed by atoms with Crippen LogP contribution in [0.4, 0.5) is 13.2 Å². The normalized spacial score (nSPS) is 16.7. The molecule has 1 heterocycles. The van der Waals surface area contributed by atoms with Crippen molar-refractivity contribution in [2.45, 2.75) is 25.6 Å². The molecule has 2 aromatic carbocycles. The first-order chi connectivity index (χ1) is 12.8. The lowest BCUT2D eigenvalue weighted by atomic mass is 9.91. The van der Waals surface area contributed by atoms with Crippen LogP contribution in [0.1, 0.15) is 40.0 Å². The molecule has 0 saturated heterocycles. The fourth-order valence-corrected chi connectivity index (χ4v) is 3.49. The van der Waals surface area contributed by atoms with Gasteiger partial charge in [-0.25, -0.2) is 0 Å². The minimum absolute atomic E-state index is 0.0209. The summed E-state index contributed by atoms with van der Waals surface area (Å²) in [6, 6.07) is 7.83. The van der Waals surface area contributed by atoms with Crippen molar-refractivity contribution in [1.29, 1.82) is 0 Å². The largest absolute Gasteiger partial charge is 0.497 e. The standard InChI is InChI=1S/C20H20F3NO3/c1-12-18-13(10-16(26-2)11-17(18)27-3)7-8-24(12)19(25)14-5-4-6-15(9-14)20(21,22)23/h4-6,9-12H,7-8H2,1-3H3. The molecular weight excluding hydrogens is 359 g/mol. The molecule has 1 amide bonds. The number of carbonyl (C=O) groups excluding carboxylic acids is 1. The summed E-state index contributed by atoms with van der Waals surface area (Å²) in [6.07, 6.45) is -3.92. The number of fused-ring (bicyclic) bond motifs is 1. The number of methoxy groups -OCH3 is 2. The van der Waals surface area contributed by atoms with Crippen molar-refractivity contribution < 1.29 is 27.4 Å². The summed E-state index contributed by atoms with van der Waals surface area (Å²) in [4.78, 5) is 14.5. The number of carbonyl (C=O) groups is 1. The van der Waals surface area contributed by atoms with E-state index in [0.717, 1.165) is 23.3 Å². The number of rotatable bonds is 3. The molecule has 0 aliphatic carbocycles. The molecular formula is C20H20F3NO3. The van der Waals surface area contributed by atoms with Gasteiger partial charge in [-0.2, -0.15) is 13.2 Å². The van der Waals surface area contributed by atoms with Gasteiger partial charge >= 0.3 is 6.18 Å². The predicted octanol–water partition coefficient (Wildman–Crippen LogP) is 4.48. The van der Waals surface area contributed by atoms with Crippen molar-refractivity contribution in [1.82, 2.24) is 4.90 Å². The Balaban J connectivity index is 1.95. The quantitative estimate of drug-likeness (QED) is 0.789. The molecule has 0 N–H and O–H groups in total. The van der Waals surface area contributed by atoms with Crippen LogP contribution in [0.2, 0.25) is 0 Å². The highest BCUT2D eigenvalue weighted by atomic mass is 19.4. The maximum atomic E-state index is 13.0. The van der Waals surface area contributed by atoms with E-state index in [9.17, 15) is 18.0 Å². The lowest BCUT2D eigenvalue weighted by Crippen LogP contribution is -2.39. The summed E-state index contributed by atoms with van der Waals surface area (Å²) in [7, 11) is 3.10. The lowest BCUT2D eigenvalue weighted by molar-refractivity contribution is -0.137. The van der Waals surface area contributed by atoms with Crippen LogP contribution in [0.5, 0.6) is 11.5 Å². The third kappa shape index (κ3) is 3.59. The molecule has 3 rings (SSSR count). The molecule has 1 aliphatic heterocycles. The fourth-order valence-electron chi connectivity index (χ4n) is 3.49. The van der Waals surface area contributed by atoms with E-state index in [1.807, 2.05) is 13.0 Å². The number of benzene rings is 2. The van der Waals surface area contributed by atoms with Crippen LogP contribution in [0.25, 0.3) is 0 Å². The number of nitrogens with zero attached hydrogens (tertiary/aromatic N) is 1. The third-order valence-corrected chi connectivity index (χ3v) is 4.86. The zero-order chi connectivity index (χ0) is 19.8. The fraction of sp³-hybridized carbons (Fsp3) is 0.350. The Kier molecular flexibility index (Phi) is 5.04. The molecule has 144 valence electrons. The van der Waals surface area contributed by atoms with Gasteiger partial charge in [-0.3, -0.25) is 4.79 Å². The maximum Gasteiger partial charge on any atom is 0.416 e. The van der Waals surface area contributed by atoms with Crippen LogP contribution < -0.4 is 9.47 Å². The van der Waals surface area contributed by atoms with Gasteiger partial charge in [-0.15, -0.1) is 0 Å². The molecule has 0 spiro atoms. The van der Waals surface area contributed by atoms with Crippen LogP contribution in [0.15, 0.2) is 36.4 Å². The van der Waals surface area contributed by atoms with E-state index < -0.39 is 17.6 Å². The monoisotopic (exact) mass is 379 g/mol. The number of ether oxygens (including phenoxy) is 2. The summed E-state index contributed by atoms with van der Waals surface area (Å²) in [5, 5.41) is 0. The van der Waals surface area contributed by atoms with E-state index >= 15 is 0 Å². The lowest BCUT2D eigenvalue weighted by Gasteiger charge is -2.36. The van der Waals surface area contributed by atoms with Crippen molar-refractivity contribution in [2.75, 3.05) is 20.8 Å². The van der Waals surface area contributed by atoms with Crippen LogP contribution >= 0.6 is 0 Å². The Hall–Kier alpha value is -2.70. The van der Waals surface area contributed by atoms with Gasteiger partial charge in [0.1, 0.15) is 11.5 Å². The molecule has 1 atom stereocenters. The van der Waals surface area contributed by atoms with Crippen LogP contribution in [-0.2, 0) is 12.6 Å². The van der Waals surface area contributed by atoms with Gasteiger partial charge in [0.25, 0.3) is 5.91 Å². The molecule has 4 nitrogen and oxygen atoms in total. The van der Waals surface area contributed by atoms with Gasteiger partial charge in [-0.1, -0.05) is 6.07 Å². The zero-order valence-electron chi connectivity index (χ0n) is 15.3. The Bertz CT molecular complexity index is 847. The third-order valence-electron chi connectivity index (χ3n) is 4.86. The summed E-state index contributed by atoms with van der Waals surface area (Å²) in [5.74, 6) is 0.825. The van der Waals surface area contributed by atoms with Crippen LogP contribution in [-0.4, -0.2) is 31.6 Å². The molecule has 2 aromatic rings. The molecule has 1 aliphatic rings. The highest BCUT2D eigenvalue weighted by Crippen LogP contribution is 2.40. The van der Waals surface area contributed by atoms with E-state index in [2.05, 4.69) is 0 Å². The first-order valence-electron chi connectivity index (χ1n) is 8.49. The smallest absolute Gasteiger partial charge is 0.416 e. The number of alkyl halides is 3. The van der Waals surface area contributed by atoms with Crippen molar-refractivity contribution in [3.8, 4) is 11.5 Å². The zero-order valence-corrected chi connectivity index (χ0v) is 15.3. The van der Waals surface area contributed by atoms with Gasteiger partial charge in [0.05, 0.1) is 25.8 Å². The van der Waals surface area contributed by atoms with E-state index in [1.165, 1.54) is 19.2 Å². The average Bonchev–Trinajstić information content (AvgIpc) is 2.66. The summed E-state index contributed by atoms with van der Waals surface area (Å²) in [6.45, 7) is 2.25.